The lowest BCUT2D eigenvalue weighted by Crippen LogP contribution is -2.26. The first kappa shape index (κ1) is 14.7. The Morgan fingerprint density at radius 1 is 1.53 bits per heavy atom. The van der Waals surface area contributed by atoms with Gasteiger partial charge >= 0.3 is 0 Å². The van der Waals surface area contributed by atoms with Gasteiger partial charge in [-0.3, -0.25) is 4.21 Å². The molecule has 0 fully saturated rings. The van der Waals surface area contributed by atoms with Crippen LogP contribution in [-0.2, 0) is 16.6 Å². The third-order valence-electron chi connectivity index (χ3n) is 2.49. The molecule has 0 saturated carbocycles. The van der Waals surface area contributed by atoms with Crippen molar-refractivity contribution in [1.29, 1.82) is 0 Å². The van der Waals surface area contributed by atoms with Gasteiger partial charge in [-0.05, 0) is 30.2 Å². The van der Waals surface area contributed by atoms with E-state index in [9.17, 15) is 4.21 Å². The van der Waals surface area contributed by atoms with Crippen LogP contribution in [0.1, 0.15) is 18.9 Å². The van der Waals surface area contributed by atoms with E-state index in [1.54, 1.807) is 7.11 Å². The summed E-state index contributed by atoms with van der Waals surface area (Å²) in [6.45, 7) is 2.00. The molecular weight excluding hydrogens is 302 g/mol. The zero-order chi connectivity index (χ0) is 12.8. The van der Waals surface area contributed by atoms with Gasteiger partial charge in [0.25, 0.3) is 0 Å². The summed E-state index contributed by atoms with van der Waals surface area (Å²) in [5.74, 6) is 1.83. The van der Waals surface area contributed by atoms with Gasteiger partial charge in [0.05, 0.1) is 7.11 Å². The third kappa shape index (κ3) is 4.77. The second kappa shape index (κ2) is 7.13. The highest BCUT2D eigenvalue weighted by atomic mass is 79.9. The number of halogens is 1. The molecule has 0 spiro atoms. The first-order valence-corrected chi connectivity index (χ1v) is 7.77. The normalized spacial score (nSPS) is 14.4. The molecular formula is C12H18BrNO2S. The van der Waals surface area contributed by atoms with Gasteiger partial charge in [0.2, 0.25) is 0 Å². The molecule has 5 heteroatoms. The quantitative estimate of drug-likeness (QED) is 0.876. The SMILES string of the molecule is CCC(N)CS(=O)Cc1cc(OC)ccc1Br. The summed E-state index contributed by atoms with van der Waals surface area (Å²) in [4.78, 5) is 0. The molecule has 17 heavy (non-hydrogen) atoms. The van der Waals surface area contributed by atoms with Crippen molar-refractivity contribution in [1.82, 2.24) is 0 Å². The number of nitrogens with two attached hydrogens (primary N) is 1. The van der Waals surface area contributed by atoms with Crippen LogP contribution in [0.2, 0.25) is 0 Å². The van der Waals surface area contributed by atoms with E-state index >= 15 is 0 Å². The van der Waals surface area contributed by atoms with Crippen molar-refractivity contribution in [3.05, 3.63) is 28.2 Å². The van der Waals surface area contributed by atoms with E-state index in [1.807, 2.05) is 25.1 Å². The Labute approximate surface area is 113 Å². The number of rotatable bonds is 6. The van der Waals surface area contributed by atoms with Crippen LogP contribution in [0.5, 0.6) is 5.75 Å². The summed E-state index contributed by atoms with van der Waals surface area (Å²) in [6, 6.07) is 5.69. The van der Waals surface area contributed by atoms with E-state index in [1.165, 1.54) is 0 Å². The fraction of sp³-hybridized carbons (Fsp3) is 0.500. The molecule has 0 aliphatic heterocycles. The number of benzene rings is 1. The zero-order valence-corrected chi connectivity index (χ0v) is 12.5. The number of hydrogen-bond acceptors (Lipinski definition) is 3. The fourth-order valence-corrected chi connectivity index (χ4v) is 3.37. The Kier molecular flexibility index (Phi) is 6.16. The van der Waals surface area contributed by atoms with E-state index in [4.69, 9.17) is 10.5 Å². The fourth-order valence-electron chi connectivity index (χ4n) is 1.38. The Bertz CT molecular complexity index is 398. The number of methoxy groups -OCH3 is 1. The smallest absolute Gasteiger partial charge is 0.119 e. The monoisotopic (exact) mass is 319 g/mol. The van der Waals surface area contributed by atoms with Crippen LogP contribution in [0.4, 0.5) is 0 Å². The molecule has 1 rings (SSSR count). The zero-order valence-electron chi connectivity index (χ0n) is 10.1. The van der Waals surface area contributed by atoms with Crippen LogP contribution >= 0.6 is 15.9 Å². The maximum atomic E-state index is 11.9. The van der Waals surface area contributed by atoms with E-state index in [-0.39, 0.29) is 6.04 Å². The predicted octanol–water partition coefficient (Wildman–Crippen LogP) is 2.44. The molecule has 0 saturated heterocycles. The molecule has 1 aromatic carbocycles. The van der Waals surface area contributed by atoms with Crippen molar-refractivity contribution in [2.75, 3.05) is 12.9 Å². The summed E-state index contributed by atoms with van der Waals surface area (Å²) in [6.07, 6.45) is 0.852. The molecule has 96 valence electrons. The lowest BCUT2D eigenvalue weighted by Gasteiger charge is -2.10. The maximum Gasteiger partial charge on any atom is 0.119 e. The molecule has 0 radical (unpaired) electrons. The summed E-state index contributed by atoms with van der Waals surface area (Å²) >= 11 is 3.45. The summed E-state index contributed by atoms with van der Waals surface area (Å²) in [7, 11) is 0.690. The van der Waals surface area contributed by atoms with Gasteiger partial charge in [0.1, 0.15) is 5.75 Å². The minimum atomic E-state index is -0.932. The third-order valence-corrected chi connectivity index (χ3v) is 4.70. The standard InChI is InChI=1S/C12H18BrNO2S/c1-3-10(14)8-17(15)7-9-6-11(16-2)4-5-12(9)13/h4-6,10H,3,7-8,14H2,1-2H3. The molecule has 2 atom stereocenters. The Balaban J connectivity index is 2.70. The average Bonchev–Trinajstić information content (AvgIpc) is 2.31. The van der Waals surface area contributed by atoms with Gasteiger partial charge in [0.15, 0.2) is 0 Å². The van der Waals surface area contributed by atoms with Crippen molar-refractivity contribution in [2.45, 2.75) is 25.1 Å². The lowest BCUT2D eigenvalue weighted by molar-refractivity contribution is 0.414. The van der Waals surface area contributed by atoms with Crippen molar-refractivity contribution in [2.24, 2.45) is 5.73 Å². The van der Waals surface area contributed by atoms with Crippen molar-refractivity contribution >= 4 is 26.7 Å². The minimum Gasteiger partial charge on any atom is -0.497 e. The molecule has 2 N–H and O–H groups in total. The highest BCUT2D eigenvalue weighted by Gasteiger charge is 2.10. The second-order valence-electron chi connectivity index (χ2n) is 3.88. The van der Waals surface area contributed by atoms with Gasteiger partial charge in [0, 0.05) is 32.8 Å². The van der Waals surface area contributed by atoms with Crippen LogP contribution < -0.4 is 10.5 Å². The molecule has 0 aliphatic carbocycles. The van der Waals surface area contributed by atoms with E-state index in [0.717, 1.165) is 22.2 Å². The first-order chi connectivity index (χ1) is 8.06. The van der Waals surface area contributed by atoms with Crippen LogP contribution in [0, 0.1) is 0 Å². The first-order valence-electron chi connectivity index (χ1n) is 5.49. The highest BCUT2D eigenvalue weighted by molar-refractivity contribution is 9.10. The molecule has 0 amide bonds. The molecule has 1 aromatic rings. The maximum absolute atomic E-state index is 11.9. The van der Waals surface area contributed by atoms with Crippen LogP contribution in [0.15, 0.2) is 22.7 Å². The molecule has 0 heterocycles. The van der Waals surface area contributed by atoms with Gasteiger partial charge in [-0.15, -0.1) is 0 Å². The van der Waals surface area contributed by atoms with Gasteiger partial charge in [-0.1, -0.05) is 22.9 Å². The van der Waals surface area contributed by atoms with Gasteiger partial charge < -0.3 is 10.5 Å². The van der Waals surface area contributed by atoms with Crippen LogP contribution in [0.25, 0.3) is 0 Å². The molecule has 0 aliphatic rings. The second-order valence-corrected chi connectivity index (χ2v) is 6.23. The number of hydrogen-bond donors (Lipinski definition) is 1. The summed E-state index contributed by atoms with van der Waals surface area (Å²) in [5.41, 5.74) is 6.78. The molecule has 2 unspecified atom stereocenters. The minimum absolute atomic E-state index is 0.0141. The Morgan fingerprint density at radius 3 is 2.82 bits per heavy atom. The van der Waals surface area contributed by atoms with Crippen LogP contribution in [0.3, 0.4) is 0 Å². The topological polar surface area (TPSA) is 52.3 Å². The van der Waals surface area contributed by atoms with Crippen molar-refractivity contribution < 1.29 is 8.95 Å². The lowest BCUT2D eigenvalue weighted by atomic mass is 10.2. The molecule has 0 bridgehead atoms. The van der Waals surface area contributed by atoms with Gasteiger partial charge in [-0.25, -0.2) is 0 Å². The van der Waals surface area contributed by atoms with E-state index in [2.05, 4.69) is 15.9 Å². The highest BCUT2D eigenvalue weighted by Crippen LogP contribution is 2.23. The number of ether oxygens (including phenoxy) is 1. The largest absolute Gasteiger partial charge is 0.497 e. The van der Waals surface area contributed by atoms with Crippen LogP contribution in [-0.4, -0.2) is 23.1 Å². The average molecular weight is 320 g/mol. The predicted molar refractivity (Wildman–Crippen MR) is 75.7 cm³/mol. The van der Waals surface area contributed by atoms with Crippen molar-refractivity contribution in [3.8, 4) is 5.75 Å². The molecule has 3 nitrogen and oxygen atoms in total. The van der Waals surface area contributed by atoms with E-state index in [0.29, 0.717) is 11.5 Å². The summed E-state index contributed by atoms with van der Waals surface area (Å²) in [5, 5.41) is 0. The summed E-state index contributed by atoms with van der Waals surface area (Å²) < 4.78 is 18.0. The Hall–Kier alpha value is -0.390. The Morgan fingerprint density at radius 2 is 2.24 bits per heavy atom. The van der Waals surface area contributed by atoms with E-state index < -0.39 is 10.8 Å². The molecule has 0 aromatic heterocycles. The van der Waals surface area contributed by atoms with Crippen molar-refractivity contribution in [3.63, 3.8) is 0 Å². The van der Waals surface area contributed by atoms with Gasteiger partial charge in [-0.2, -0.15) is 0 Å².